The number of carbonyl (C=O) groups excluding carboxylic acids is 3. The molecule has 6 nitrogen and oxygen atoms in total. The van der Waals surface area contributed by atoms with Gasteiger partial charge in [-0.15, -0.1) is 0 Å². The van der Waals surface area contributed by atoms with Crippen LogP contribution in [0.4, 0.5) is 10.5 Å². The van der Waals surface area contributed by atoms with Gasteiger partial charge in [-0.2, -0.15) is 0 Å². The number of urea groups is 1. The average Bonchev–Trinajstić information content (AvgIpc) is 2.98. The van der Waals surface area contributed by atoms with Crippen LogP contribution in [0.25, 0.3) is 6.08 Å². The van der Waals surface area contributed by atoms with Gasteiger partial charge in [-0.1, -0.05) is 17.7 Å². The van der Waals surface area contributed by atoms with Gasteiger partial charge in [-0.3, -0.25) is 14.9 Å². The molecule has 0 spiro atoms. The SMILES string of the molecule is Cc1ccc(N2C(=O)NC(=O)/C(=C\c3ccoc3)C2=O)cc1. The van der Waals surface area contributed by atoms with Crippen LogP contribution < -0.4 is 10.2 Å². The van der Waals surface area contributed by atoms with Crippen molar-refractivity contribution in [1.82, 2.24) is 5.32 Å². The first-order valence-corrected chi connectivity index (χ1v) is 6.56. The van der Waals surface area contributed by atoms with Crippen molar-refractivity contribution in [3.8, 4) is 0 Å². The Morgan fingerprint density at radius 2 is 1.82 bits per heavy atom. The van der Waals surface area contributed by atoms with Crippen LogP contribution in [0, 0.1) is 6.92 Å². The minimum atomic E-state index is -0.761. The van der Waals surface area contributed by atoms with Crippen molar-refractivity contribution in [3.05, 3.63) is 59.6 Å². The molecular formula is C16H12N2O4. The molecule has 0 bridgehead atoms. The smallest absolute Gasteiger partial charge is 0.335 e. The van der Waals surface area contributed by atoms with Crippen LogP contribution in [-0.4, -0.2) is 17.8 Å². The minimum absolute atomic E-state index is 0.124. The summed E-state index contributed by atoms with van der Waals surface area (Å²) in [5.41, 5.74) is 1.84. The molecule has 1 saturated heterocycles. The maximum Gasteiger partial charge on any atom is 0.335 e. The summed E-state index contributed by atoms with van der Waals surface area (Å²) in [7, 11) is 0. The summed E-state index contributed by atoms with van der Waals surface area (Å²) >= 11 is 0. The van der Waals surface area contributed by atoms with Gasteiger partial charge in [-0.05, 0) is 31.2 Å². The Balaban J connectivity index is 2.01. The molecule has 2 heterocycles. The Bertz CT molecular complexity index is 773. The topological polar surface area (TPSA) is 79.6 Å². The third-order valence-corrected chi connectivity index (χ3v) is 3.25. The predicted molar refractivity (Wildman–Crippen MR) is 78.9 cm³/mol. The number of aryl methyl sites for hydroxylation is 1. The molecule has 22 heavy (non-hydrogen) atoms. The highest BCUT2D eigenvalue weighted by molar-refractivity contribution is 6.39. The van der Waals surface area contributed by atoms with Crippen LogP contribution in [-0.2, 0) is 9.59 Å². The monoisotopic (exact) mass is 296 g/mol. The number of amides is 4. The first-order valence-electron chi connectivity index (χ1n) is 6.56. The molecule has 2 aromatic rings. The average molecular weight is 296 g/mol. The van der Waals surface area contributed by atoms with Crippen LogP contribution in [0.3, 0.4) is 0 Å². The highest BCUT2D eigenvalue weighted by Gasteiger charge is 2.36. The fraction of sp³-hybridized carbons (Fsp3) is 0.0625. The fourth-order valence-electron chi connectivity index (χ4n) is 2.11. The van der Waals surface area contributed by atoms with Crippen LogP contribution >= 0.6 is 0 Å². The Labute approximate surface area is 126 Å². The van der Waals surface area contributed by atoms with Gasteiger partial charge >= 0.3 is 6.03 Å². The zero-order valence-electron chi connectivity index (χ0n) is 11.7. The molecule has 0 aliphatic carbocycles. The first kappa shape index (κ1) is 13.8. The van der Waals surface area contributed by atoms with Crippen LogP contribution in [0.2, 0.25) is 0 Å². The van der Waals surface area contributed by atoms with Crippen molar-refractivity contribution >= 4 is 29.6 Å². The molecule has 0 radical (unpaired) electrons. The van der Waals surface area contributed by atoms with E-state index in [4.69, 9.17) is 4.42 Å². The number of furan rings is 1. The van der Waals surface area contributed by atoms with E-state index in [0.717, 1.165) is 10.5 Å². The van der Waals surface area contributed by atoms with Gasteiger partial charge in [0.1, 0.15) is 5.57 Å². The molecule has 4 amide bonds. The first-order chi connectivity index (χ1) is 10.6. The van der Waals surface area contributed by atoms with Crippen molar-refractivity contribution in [1.29, 1.82) is 0 Å². The largest absolute Gasteiger partial charge is 0.472 e. The molecule has 1 aromatic carbocycles. The normalized spacial score (nSPS) is 17.0. The molecule has 1 aliphatic rings. The second-order valence-electron chi connectivity index (χ2n) is 4.85. The second-order valence-corrected chi connectivity index (χ2v) is 4.85. The number of anilines is 1. The van der Waals surface area contributed by atoms with E-state index in [1.165, 1.54) is 18.6 Å². The number of rotatable bonds is 2. The number of carbonyl (C=O) groups is 3. The van der Waals surface area contributed by atoms with Gasteiger partial charge in [0.2, 0.25) is 0 Å². The van der Waals surface area contributed by atoms with Crippen LogP contribution in [0.5, 0.6) is 0 Å². The lowest BCUT2D eigenvalue weighted by atomic mass is 10.1. The lowest BCUT2D eigenvalue weighted by molar-refractivity contribution is -0.122. The van der Waals surface area contributed by atoms with Crippen molar-refractivity contribution in [2.75, 3.05) is 4.90 Å². The molecule has 6 heteroatoms. The van der Waals surface area contributed by atoms with Gasteiger partial charge in [0, 0.05) is 5.56 Å². The van der Waals surface area contributed by atoms with Gasteiger partial charge in [-0.25, -0.2) is 9.69 Å². The number of barbiturate groups is 1. The number of hydrogen-bond acceptors (Lipinski definition) is 4. The van der Waals surface area contributed by atoms with Crippen LogP contribution in [0.15, 0.2) is 52.8 Å². The Morgan fingerprint density at radius 3 is 2.45 bits per heavy atom. The second kappa shape index (κ2) is 5.33. The summed E-state index contributed by atoms with van der Waals surface area (Å²) < 4.78 is 4.90. The highest BCUT2D eigenvalue weighted by Crippen LogP contribution is 2.22. The van der Waals surface area contributed by atoms with Gasteiger partial charge in [0.15, 0.2) is 0 Å². The molecule has 3 rings (SSSR count). The summed E-state index contributed by atoms with van der Waals surface area (Å²) in [5, 5.41) is 2.16. The van der Waals surface area contributed by atoms with E-state index in [9.17, 15) is 14.4 Å². The van der Waals surface area contributed by atoms with E-state index in [0.29, 0.717) is 11.3 Å². The van der Waals surface area contributed by atoms with Crippen molar-refractivity contribution < 1.29 is 18.8 Å². The summed E-state index contributed by atoms with van der Waals surface area (Å²) in [4.78, 5) is 37.3. The summed E-state index contributed by atoms with van der Waals surface area (Å²) in [6.45, 7) is 1.90. The predicted octanol–water partition coefficient (Wildman–Crippen LogP) is 2.25. The number of hydrogen-bond donors (Lipinski definition) is 1. The molecule has 0 unspecified atom stereocenters. The lowest BCUT2D eigenvalue weighted by Gasteiger charge is -2.26. The number of benzene rings is 1. The lowest BCUT2D eigenvalue weighted by Crippen LogP contribution is -2.54. The summed E-state index contributed by atoms with van der Waals surface area (Å²) in [6, 6.07) is 7.72. The van der Waals surface area contributed by atoms with E-state index in [1.54, 1.807) is 30.3 Å². The Kier molecular flexibility index (Phi) is 3.34. The van der Waals surface area contributed by atoms with Gasteiger partial charge in [0.25, 0.3) is 11.8 Å². The quantitative estimate of drug-likeness (QED) is 0.681. The van der Waals surface area contributed by atoms with E-state index in [2.05, 4.69) is 5.32 Å². The molecule has 110 valence electrons. The van der Waals surface area contributed by atoms with E-state index < -0.39 is 17.8 Å². The number of imide groups is 2. The minimum Gasteiger partial charge on any atom is -0.472 e. The van der Waals surface area contributed by atoms with E-state index >= 15 is 0 Å². The van der Waals surface area contributed by atoms with Crippen LogP contribution in [0.1, 0.15) is 11.1 Å². The van der Waals surface area contributed by atoms with Gasteiger partial charge in [0.05, 0.1) is 18.2 Å². The zero-order valence-corrected chi connectivity index (χ0v) is 11.7. The van der Waals surface area contributed by atoms with Crippen molar-refractivity contribution in [2.45, 2.75) is 6.92 Å². The molecule has 0 atom stereocenters. The number of nitrogens with zero attached hydrogens (tertiary/aromatic N) is 1. The molecule has 0 saturated carbocycles. The molecule has 1 aromatic heterocycles. The molecule has 1 fully saturated rings. The van der Waals surface area contributed by atoms with Gasteiger partial charge < -0.3 is 4.42 Å². The van der Waals surface area contributed by atoms with E-state index in [1.807, 2.05) is 6.92 Å². The third-order valence-electron chi connectivity index (χ3n) is 3.25. The van der Waals surface area contributed by atoms with E-state index in [-0.39, 0.29) is 5.57 Å². The van der Waals surface area contributed by atoms with Crippen molar-refractivity contribution in [3.63, 3.8) is 0 Å². The zero-order chi connectivity index (χ0) is 15.7. The third kappa shape index (κ3) is 2.42. The molecular weight excluding hydrogens is 284 g/mol. The Morgan fingerprint density at radius 1 is 1.09 bits per heavy atom. The summed E-state index contributed by atoms with van der Waals surface area (Å²) in [6.07, 6.45) is 4.22. The molecule has 1 N–H and O–H groups in total. The maximum atomic E-state index is 12.5. The standard InChI is InChI=1S/C16H12N2O4/c1-10-2-4-12(5-3-10)18-15(20)13(14(19)17-16(18)21)8-11-6-7-22-9-11/h2-9H,1H3,(H,17,19,21)/b13-8+. The maximum absolute atomic E-state index is 12.5. The highest BCUT2D eigenvalue weighted by atomic mass is 16.3. The fourth-order valence-corrected chi connectivity index (χ4v) is 2.11. The summed E-state index contributed by atoms with van der Waals surface area (Å²) in [5.74, 6) is -1.39. The van der Waals surface area contributed by atoms with Crippen molar-refractivity contribution in [2.24, 2.45) is 0 Å². The molecule has 1 aliphatic heterocycles. The number of nitrogens with one attached hydrogen (secondary N) is 1. The Hall–Kier alpha value is -3.15.